The number of alkyl halides is 3. The smallest absolute Gasteiger partial charge is 0.308 e. The number of halogens is 3. The first kappa shape index (κ1) is 14.6. The summed E-state index contributed by atoms with van der Waals surface area (Å²) in [6.07, 6.45) is -1.21. The molecule has 1 fully saturated rings. The molecule has 3 rings (SSSR count). The summed E-state index contributed by atoms with van der Waals surface area (Å²) in [6, 6.07) is 2.63. The van der Waals surface area contributed by atoms with Crippen LogP contribution in [-0.2, 0) is 24.6 Å². The molecule has 2 aromatic heterocycles. The topological polar surface area (TPSA) is 64.7 Å². The van der Waals surface area contributed by atoms with Gasteiger partial charge in [0.1, 0.15) is 6.54 Å². The van der Waals surface area contributed by atoms with Gasteiger partial charge in [0.15, 0.2) is 11.5 Å². The molecule has 1 amide bonds. The number of aryl methyl sites for hydroxylation is 1. The molecule has 0 aromatic carbocycles. The van der Waals surface area contributed by atoms with Crippen LogP contribution in [0.3, 0.4) is 0 Å². The highest BCUT2D eigenvalue weighted by Crippen LogP contribution is 2.42. The van der Waals surface area contributed by atoms with Crippen LogP contribution >= 0.6 is 0 Å². The third kappa shape index (κ3) is 3.12. The van der Waals surface area contributed by atoms with E-state index < -0.39 is 17.8 Å². The fourth-order valence-corrected chi connectivity index (χ4v) is 2.20. The lowest BCUT2D eigenvalue weighted by molar-refractivity contribution is -0.141. The number of anilines is 1. The van der Waals surface area contributed by atoms with E-state index in [0.717, 1.165) is 23.6 Å². The van der Waals surface area contributed by atoms with Crippen LogP contribution in [0.15, 0.2) is 18.3 Å². The fourth-order valence-electron chi connectivity index (χ4n) is 2.20. The third-order valence-electron chi connectivity index (χ3n) is 3.37. The zero-order valence-corrected chi connectivity index (χ0v) is 11.8. The predicted octanol–water partition coefficient (Wildman–Crippen LogP) is 2.15. The maximum absolute atomic E-state index is 12.8. The third-order valence-corrected chi connectivity index (χ3v) is 3.37. The monoisotopic (exact) mass is 313 g/mol. The maximum Gasteiger partial charge on any atom is 0.435 e. The zero-order chi connectivity index (χ0) is 15.9. The van der Waals surface area contributed by atoms with Crippen molar-refractivity contribution in [2.45, 2.75) is 31.5 Å². The van der Waals surface area contributed by atoms with Crippen LogP contribution in [-0.4, -0.2) is 25.5 Å². The van der Waals surface area contributed by atoms with Crippen LogP contribution in [0.5, 0.6) is 0 Å². The van der Waals surface area contributed by atoms with E-state index in [4.69, 9.17) is 0 Å². The van der Waals surface area contributed by atoms with Crippen LogP contribution in [0.25, 0.3) is 0 Å². The molecule has 2 heterocycles. The highest BCUT2D eigenvalue weighted by atomic mass is 19.4. The average molecular weight is 313 g/mol. The van der Waals surface area contributed by atoms with Gasteiger partial charge in [-0.15, -0.1) is 0 Å². The summed E-state index contributed by atoms with van der Waals surface area (Å²) in [4.78, 5) is 11.9. The molecule has 1 N–H and O–H groups in total. The van der Waals surface area contributed by atoms with Crippen molar-refractivity contribution in [2.75, 3.05) is 5.32 Å². The van der Waals surface area contributed by atoms with Gasteiger partial charge in [0.05, 0.1) is 0 Å². The van der Waals surface area contributed by atoms with Crippen LogP contribution in [0.4, 0.5) is 19.0 Å². The number of rotatable bonds is 4. The van der Waals surface area contributed by atoms with E-state index in [1.807, 2.05) is 0 Å². The summed E-state index contributed by atoms with van der Waals surface area (Å²) in [7, 11) is 1.70. The van der Waals surface area contributed by atoms with Crippen molar-refractivity contribution in [2.24, 2.45) is 7.05 Å². The van der Waals surface area contributed by atoms with Gasteiger partial charge in [-0.1, -0.05) is 0 Å². The second-order valence-electron chi connectivity index (χ2n) is 5.31. The van der Waals surface area contributed by atoms with E-state index in [9.17, 15) is 18.0 Å². The molecule has 0 bridgehead atoms. The molecular formula is C13H14F3N5O. The average Bonchev–Trinajstić information content (AvgIpc) is 3.03. The SMILES string of the molecule is Cn1ccc(NC(=O)Cn2nc(C(F)(F)F)cc2C2CC2)n1. The molecule has 0 spiro atoms. The van der Waals surface area contributed by atoms with Crippen molar-refractivity contribution in [3.8, 4) is 0 Å². The summed E-state index contributed by atoms with van der Waals surface area (Å²) in [5.74, 6) is -0.0488. The number of hydrogen-bond donors (Lipinski definition) is 1. The van der Waals surface area contributed by atoms with Crippen molar-refractivity contribution in [1.82, 2.24) is 19.6 Å². The Balaban J connectivity index is 1.76. The number of amides is 1. The molecule has 0 aliphatic heterocycles. The lowest BCUT2D eigenvalue weighted by atomic mass is 10.2. The molecule has 22 heavy (non-hydrogen) atoms. The summed E-state index contributed by atoms with van der Waals surface area (Å²) >= 11 is 0. The lowest BCUT2D eigenvalue weighted by Crippen LogP contribution is -2.21. The summed E-state index contributed by atoms with van der Waals surface area (Å²) in [5, 5.41) is 10.0. The highest BCUT2D eigenvalue weighted by molar-refractivity contribution is 5.89. The van der Waals surface area contributed by atoms with Gasteiger partial charge in [-0.05, 0) is 18.9 Å². The first-order valence-corrected chi connectivity index (χ1v) is 6.77. The van der Waals surface area contributed by atoms with E-state index in [0.29, 0.717) is 11.5 Å². The molecule has 1 aliphatic rings. The van der Waals surface area contributed by atoms with Crippen LogP contribution in [0.1, 0.15) is 30.1 Å². The van der Waals surface area contributed by atoms with Gasteiger partial charge in [0, 0.05) is 30.9 Å². The van der Waals surface area contributed by atoms with Gasteiger partial charge in [0.2, 0.25) is 5.91 Å². The molecule has 2 aromatic rings. The fraction of sp³-hybridized carbons (Fsp3) is 0.462. The molecule has 6 nitrogen and oxygen atoms in total. The first-order valence-electron chi connectivity index (χ1n) is 6.77. The van der Waals surface area contributed by atoms with Crippen LogP contribution in [0.2, 0.25) is 0 Å². The van der Waals surface area contributed by atoms with Crippen molar-refractivity contribution >= 4 is 11.7 Å². The number of hydrogen-bond acceptors (Lipinski definition) is 3. The second-order valence-corrected chi connectivity index (χ2v) is 5.31. The summed E-state index contributed by atoms with van der Waals surface area (Å²) < 4.78 is 40.9. The minimum absolute atomic E-state index is 0.0613. The highest BCUT2D eigenvalue weighted by Gasteiger charge is 2.38. The van der Waals surface area contributed by atoms with Gasteiger partial charge in [-0.3, -0.25) is 14.2 Å². The standard InChI is InChI=1S/C13H14F3N5O/c1-20-5-4-11(19-20)17-12(22)7-21-9(8-2-3-8)6-10(18-21)13(14,15)16/h4-6,8H,2-3,7H2,1H3,(H,17,19,22). The molecular weight excluding hydrogens is 299 g/mol. The minimum Gasteiger partial charge on any atom is -0.308 e. The normalized spacial score (nSPS) is 15.1. The van der Waals surface area contributed by atoms with E-state index >= 15 is 0 Å². The first-order chi connectivity index (χ1) is 10.3. The van der Waals surface area contributed by atoms with E-state index in [1.165, 1.54) is 4.68 Å². The minimum atomic E-state index is -4.51. The van der Waals surface area contributed by atoms with Crippen molar-refractivity contribution in [3.05, 3.63) is 29.7 Å². The van der Waals surface area contributed by atoms with Gasteiger partial charge in [-0.25, -0.2) is 0 Å². The Bertz CT molecular complexity index is 699. The molecule has 9 heteroatoms. The Hall–Kier alpha value is -2.32. The quantitative estimate of drug-likeness (QED) is 0.940. The van der Waals surface area contributed by atoms with Crippen molar-refractivity contribution in [1.29, 1.82) is 0 Å². The number of aromatic nitrogens is 4. The van der Waals surface area contributed by atoms with Gasteiger partial charge in [0.25, 0.3) is 0 Å². The summed E-state index contributed by atoms with van der Waals surface area (Å²) in [5.41, 5.74) is -0.497. The second kappa shape index (κ2) is 5.15. The van der Waals surface area contributed by atoms with Gasteiger partial charge < -0.3 is 5.32 Å². The Kier molecular flexibility index (Phi) is 3.42. The molecule has 0 atom stereocenters. The Morgan fingerprint density at radius 3 is 2.68 bits per heavy atom. The molecule has 1 aliphatic carbocycles. The summed E-state index contributed by atoms with van der Waals surface area (Å²) in [6.45, 7) is -0.265. The van der Waals surface area contributed by atoms with Gasteiger partial charge >= 0.3 is 6.18 Å². The Labute approximate surface area is 123 Å². The van der Waals surface area contributed by atoms with E-state index in [-0.39, 0.29) is 12.5 Å². The van der Waals surface area contributed by atoms with E-state index in [2.05, 4.69) is 15.5 Å². The Morgan fingerprint density at radius 2 is 2.14 bits per heavy atom. The van der Waals surface area contributed by atoms with E-state index in [1.54, 1.807) is 19.3 Å². The molecule has 118 valence electrons. The largest absolute Gasteiger partial charge is 0.435 e. The molecule has 1 saturated carbocycles. The number of carbonyl (C=O) groups excluding carboxylic acids is 1. The van der Waals surface area contributed by atoms with Crippen molar-refractivity contribution < 1.29 is 18.0 Å². The molecule has 0 saturated heterocycles. The maximum atomic E-state index is 12.8. The lowest BCUT2D eigenvalue weighted by Gasteiger charge is -2.06. The van der Waals surface area contributed by atoms with Crippen LogP contribution in [0, 0.1) is 0 Å². The predicted molar refractivity (Wildman–Crippen MR) is 71.0 cm³/mol. The number of carbonyl (C=O) groups is 1. The molecule has 0 radical (unpaired) electrons. The zero-order valence-electron chi connectivity index (χ0n) is 11.8. The number of nitrogens with zero attached hydrogens (tertiary/aromatic N) is 4. The Morgan fingerprint density at radius 1 is 1.41 bits per heavy atom. The van der Waals surface area contributed by atoms with Crippen molar-refractivity contribution in [3.63, 3.8) is 0 Å². The molecule has 0 unspecified atom stereocenters. The van der Waals surface area contributed by atoms with Crippen LogP contribution < -0.4 is 5.32 Å². The number of nitrogens with one attached hydrogen (secondary N) is 1. The van der Waals surface area contributed by atoms with Gasteiger partial charge in [-0.2, -0.15) is 23.4 Å².